The van der Waals surface area contributed by atoms with Crippen molar-refractivity contribution in [1.29, 1.82) is 0 Å². The molecule has 1 aromatic rings. The van der Waals surface area contributed by atoms with Crippen LogP contribution >= 0.6 is 0 Å². The van der Waals surface area contributed by atoms with Gasteiger partial charge in [0, 0.05) is 19.1 Å². The van der Waals surface area contributed by atoms with Gasteiger partial charge >= 0.3 is 5.97 Å². The maximum Gasteiger partial charge on any atom is 0.338 e. The Balaban J connectivity index is 1.81. The second kappa shape index (κ2) is 3.91. The van der Waals surface area contributed by atoms with Crippen molar-refractivity contribution in [2.45, 2.75) is 6.04 Å². The van der Waals surface area contributed by atoms with Crippen LogP contribution in [0.4, 0.5) is 14.5 Å². The van der Waals surface area contributed by atoms with Crippen LogP contribution in [0.3, 0.4) is 0 Å². The van der Waals surface area contributed by atoms with Crippen LogP contribution < -0.4 is 10.6 Å². The molecule has 2 aliphatic rings. The van der Waals surface area contributed by atoms with E-state index in [-0.39, 0.29) is 11.7 Å². The van der Waals surface area contributed by atoms with Gasteiger partial charge in [-0.15, -0.1) is 0 Å². The average molecular weight is 254 g/mol. The highest BCUT2D eigenvalue weighted by molar-refractivity contribution is 5.88. The summed E-state index contributed by atoms with van der Waals surface area (Å²) in [5, 5.41) is 14.8. The summed E-state index contributed by atoms with van der Waals surface area (Å²) in [5.41, 5.74) is -0.604. The normalized spacial score (nSPS) is 28.9. The molecule has 1 aromatic carbocycles. The fraction of sp³-hybridized carbons (Fsp3) is 0.417. The Morgan fingerprint density at radius 2 is 1.94 bits per heavy atom. The molecule has 1 aliphatic carbocycles. The third-order valence-electron chi connectivity index (χ3n) is 3.73. The summed E-state index contributed by atoms with van der Waals surface area (Å²) in [4.78, 5) is 10.6. The first-order valence-corrected chi connectivity index (χ1v) is 5.78. The van der Waals surface area contributed by atoms with Crippen LogP contribution in [0.2, 0.25) is 0 Å². The van der Waals surface area contributed by atoms with Crippen LogP contribution in [0.5, 0.6) is 0 Å². The number of carbonyl (C=O) groups is 1. The Hall–Kier alpha value is -1.69. The van der Waals surface area contributed by atoms with E-state index >= 15 is 0 Å². The van der Waals surface area contributed by atoms with Crippen molar-refractivity contribution in [2.24, 2.45) is 11.8 Å². The largest absolute Gasteiger partial charge is 0.478 e. The van der Waals surface area contributed by atoms with Crippen molar-refractivity contribution in [2.75, 3.05) is 18.4 Å². The van der Waals surface area contributed by atoms with Gasteiger partial charge in [-0.2, -0.15) is 0 Å². The Morgan fingerprint density at radius 1 is 1.28 bits per heavy atom. The molecule has 0 radical (unpaired) electrons. The van der Waals surface area contributed by atoms with Crippen LogP contribution in [0.25, 0.3) is 0 Å². The lowest BCUT2D eigenvalue weighted by Crippen LogP contribution is -2.22. The molecule has 2 fully saturated rings. The van der Waals surface area contributed by atoms with Crippen molar-refractivity contribution in [3.63, 3.8) is 0 Å². The Labute approximate surface area is 102 Å². The maximum absolute atomic E-state index is 13.7. The number of benzene rings is 1. The molecule has 18 heavy (non-hydrogen) atoms. The van der Waals surface area contributed by atoms with Crippen LogP contribution in [0, 0.1) is 23.5 Å². The van der Waals surface area contributed by atoms with E-state index in [9.17, 15) is 13.6 Å². The zero-order valence-electron chi connectivity index (χ0n) is 9.41. The van der Waals surface area contributed by atoms with Gasteiger partial charge in [-0.25, -0.2) is 13.6 Å². The van der Waals surface area contributed by atoms with Crippen LogP contribution in [0.1, 0.15) is 10.4 Å². The zero-order valence-corrected chi connectivity index (χ0v) is 9.41. The summed E-state index contributed by atoms with van der Waals surface area (Å²) in [6, 6.07) is 2.53. The Morgan fingerprint density at radius 3 is 2.56 bits per heavy atom. The molecule has 1 heterocycles. The Kier molecular flexibility index (Phi) is 2.48. The van der Waals surface area contributed by atoms with Crippen molar-refractivity contribution in [3.8, 4) is 0 Å². The highest BCUT2D eigenvalue weighted by Gasteiger charge is 2.53. The summed E-state index contributed by atoms with van der Waals surface area (Å²) >= 11 is 0. The molecule has 1 aliphatic heterocycles. The number of nitrogens with one attached hydrogen (secondary N) is 2. The van der Waals surface area contributed by atoms with Gasteiger partial charge in [0.15, 0.2) is 11.6 Å². The Bertz CT molecular complexity index is 511. The molecule has 4 nitrogen and oxygen atoms in total. The SMILES string of the molecule is O=C(O)c1ccc(NC2C3CNCC32)c(F)c1F. The van der Waals surface area contributed by atoms with E-state index in [0.717, 1.165) is 19.2 Å². The first-order valence-electron chi connectivity index (χ1n) is 5.78. The number of anilines is 1. The molecular formula is C12H12F2N2O2. The second-order valence-corrected chi connectivity index (χ2v) is 4.75. The minimum Gasteiger partial charge on any atom is -0.478 e. The molecule has 1 saturated heterocycles. The van der Waals surface area contributed by atoms with Gasteiger partial charge in [0.1, 0.15) is 0 Å². The predicted octanol–water partition coefficient (Wildman–Crippen LogP) is 1.29. The molecule has 1 saturated carbocycles. The van der Waals surface area contributed by atoms with Gasteiger partial charge < -0.3 is 15.7 Å². The first kappa shape index (κ1) is 11.4. The molecule has 0 bridgehead atoms. The number of hydrogen-bond donors (Lipinski definition) is 3. The molecular weight excluding hydrogens is 242 g/mol. The van der Waals surface area contributed by atoms with Crippen molar-refractivity contribution < 1.29 is 18.7 Å². The number of carboxylic acids is 1. The second-order valence-electron chi connectivity index (χ2n) is 4.75. The van der Waals surface area contributed by atoms with Gasteiger partial charge in [0.2, 0.25) is 0 Å². The monoisotopic (exact) mass is 254 g/mol. The van der Waals surface area contributed by atoms with Gasteiger partial charge in [-0.1, -0.05) is 0 Å². The van der Waals surface area contributed by atoms with Crippen LogP contribution in [0.15, 0.2) is 12.1 Å². The molecule has 2 unspecified atom stereocenters. The van der Waals surface area contributed by atoms with Crippen molar-refractivity contribution in [1.82, 2.24) is 5.32 Å². The first-order chi connectivity index (χ1) is 8.59. The lowest BCUT2D eigenvalue weighted by Gasteiger charge is -2.11. The van der Waals surface area contributed by atoms with E-state index in [2.05, 4.69) is 10.6 Å². The average Bonchev–Trinajstić information content (AvgIpc) is 2.76. The summed E-state index contributed by atoms with van der Waals surface area (Å²) in [6.45, 7) is 1.78. The quantitative estimate of drug-likeness (QED) is 0.760. The van der Waals surface area contributed by atoms with Crippen molar-refractivity contribution >= 4 is 11.7 Å². The number of aromatic carboxylic acids is 1. The standard InChI is InChI=1S/C12H12F2N2O2/c13-9-5(12(17)18)1-2-8(10(9)14)16-11-6-3-15-4-7(6)11/h1-2,6-7,11,15-16H,3-4H2,(H,17,18). The number of rotatable bonds is 3. The number of halogens is 2. The molecule has 3 N–H and O–H groups in total. The fourth-order valence-electron chi connectivity index (χ4n) is 2.64. The summed E-state index contributed by atoms with van der Waals surface area (Å²) in [6.07, 6.45) is 0. The number of carboxylic acid groups (broad SMARTS) is 1. The minimum atomic E-state index is -1.47. The third-order valence-corrected chi connectivity index (χ3v) is 3.73. The van der Waals surface area contributed by atoms with E-state index in [1.165, 1.54) is 6.07 Å². The molecule has 2 atom stereocenters. The van der Waals surface area contributed by atoms with Crippen LogP contribution in [-0.2, 0) is 0 Å². The molecule has 0 aromatic heterocycles. The lowest BCUT2D eigenvalue weighted by atomic mass is 10.1. The van der Waals surface area contributed by atoms with Crippen molar-refractivity contribution in [3.05, 3.63) is 29.3 Å². The van der Waals surface area contributed by atoms with E-state index in [4.69, 9.17) is 5.11 Å². The van der Waals surface area contributed by atoms with Gasteiger partial charge in [-0.3, -0.25) is 0 Å². The molecule has 96 valence electrons. The molecule has 0 amide bonds. The van der Waals surface area contributed by atoms with Gasteiger partial charge in [0.05, 0.1) is 11.3 Å². The molecule has 0 spiro atoms. The smallest absolute Gasteiger partial charge is 0.338 e. The number of hydrogen-bond acceptors (Lipinski definition) is 3. The van der Waals surface area contributed by atoms with E-state index in [1.54, 1.807) is 0 Å². The summed E-state index contributed by atoms with van der Waals surface area (Å²) in [5.74, 6) is -2.96. The van der Waals surface area contributed by atoms with Crippen LogP contribution in [-0.4, -0.2) is 30.2 Å². The highest BCUT2D eigenvalue weighted by atomic mass is 19.2. The third kappa shape index (κ3) is 1.64. The minimum absolute atomic E-state index is 0.0388. The molecule has 3 rings (SSSR count). The van der Waals surface area contributed by atoms with Gasteiger partial charge in [0.25, 0.3) is 0 Å². The summed E-state index contributed by atoms with van der Waals surface area (Å²) < 4.78 is 27.1. The van der Waals surface area contributed by atoms with E-state index < -0.39 is 23.2 Å². The zero-order chi connectivity index (χ0) is 12.9. The predicted molar refractivity (Wildman–Crippen MR) is 60.6 cm³/mol. The fourth-order valence-corrected chi connectivity index (χ4v) is 2.64. The van der Waals surface area contributed by atoms with E-state index in [1.807, 2.05) is 0 Å². The highest BCUT2D eigenvalue weighted by Crippen LogP contribution is 2.44. The number of piperidine rings is 1. The summed E-state index contributed by atoms with van der Waals surface area (Å²) in [7, 11) is 0. The van der Waals surface area contributed by atoms with E-state index in [0.29, 0.717) is 11.8 Å². The topological polar surface area (TPSA) is 61.4 Å². The maximum atomic E-state index is 13.7. The van der Waals surface area contributed by atoms with Gasteiger partial charge in [-0.05, 0) is 24.0 Å². The lowest BCUT2D eigenvalue weighted by molar-refractivity contribution is 0.0690. The molecule has 6 heteroatoms. The number of fused-ring (bicyclic) bond motifs is 1.